The van der Waals surface area contributed by atoms with Gasteiger partial charge in [-0.3, -0.25) is 4.57 Å². The van der Waals surface area contributed by atoms with Gasteiger partial charge in [-0.05, 0) is 43.7 Å². The minimum Gasteiger partial charge on any atom is -0.294 e. The predicted molar refractivity (Wildman–Crippen MR) is 90.1 cm³/mol. The minimum absolute atomic E-state index is 0.242. The van der Waals surface area contributed by atoms with Gasteiger partial charge in [0, 0.05) is 10.7 Å². The quantitative estimate of drug-likeness (QED) is 0.528. The zero-order valence-electron chi connectivity index (χ0n) is 11.6. The molecule has 21 heavy (non-hydrogen) atoms. The van der Waals surface area contributed by atoms with Crippen LogP contribution in [0.5, 0.6) is 0 Å². The fourth-order valence-corrected chi connectivity index (χ4v) is 2.93. The van der Waals surface area contributed by atoms with Gasteiger partial charge >= 0.3 is 0 Å². The first-order valence-electron chi connectivity index (χ1n) is 6.56. The summed E-state index contributed by atoms with van der Waals surface area (Å²) in [5.41, 5.74) is 3.60. The summed E-state index contributed by atoms with van der Waals surface area (Å²) in [6, 6.07) is 11.5. The van der Waals surface area contributed by atoms with Crippen molar-refractivity contribution in [2.24, 2.45) is 0 Å². The summed E-state index contributed by atoms with van der Waals surface area (Å²) in [5, 5.41) is 1.10. The van der Waals surface area contributed by atoms with Crippen LogP contribution in [0.15, 0.2) is 36.4 Å². The molecule has 3 rings (SSSR count). The molecule has 0 amide bonds. The number of para-hydroxylation sites is 1. The van der Waals surface area contributed by atoms with E-state index in [1.54, 1.807) is 0 Å². The lowest BCUT2D eigenvalue weighted by molar-refractivity contribution is 0.882. The number of alkyl halides is 1. The average Bonchev–Trinajstić information content (AvgIpc) is 2.83. The van der Waals surface area contributed by atoms with Gasteiger partial charge in [-0.15, -0.1) is 11.6 Å². The molecule has 0 aliphatic rings. The number of rotatable bonds is 2. The summed E-state index contributed by atoms with van der Waals surface area (Å²) >= 11 is 18.9. The normalized spacial score (nSPS) is 12.8. The molecule has 5 heteroatoms. The van der Waals surface area contributed by atoms with Crippen LogP contribution in [0.4, 0.5) is 0 Å². The molecule has 108 valence electrons. The molecule has 2 nitrogen and oxygen atoms in total. The number of aromatic nitrogens is 2. The van der Waals surface area contributed by atoms with Crippen LogP contribution in [0.1, 0.15) is 23.7 Å². The van der Waals surface area contributed by atoms with Crippen LogP contribution >= 0.6 is 34.8 Å². The molecule has 0 saturated heterocycles. The van der Waals surface area contributed by atoms with Gasteiger partial charge in [0.25, 0.3) is 0 Å². The van der Waals surface area contributed by atoms with Crippen molar-refractivity contribution >= 4 is 45.8 Å². The second-order valence-electron chi connectivity index (χ2n) is 4.96. The molecule has 0 bridgehead atoms. The summed E-state index contributed by atoms with van der Waals surface area (Å²) in [6.07, 6.45) is 0. The van der Waals surface area contributed by atoms with Gasteiger partial charge in [0.1, 0.15) is 5.82 Å². The Morgan fingerprint density at radius 1 is 1.10 bits per heavy atom. The van der Waals surface area contributed by atoms with Crippen LogP contribution in [-0.4, -0.2) is 9.55 Å². The molecular weight excluding hydrogens is 327 g/mol. The first-order chi connectivity index (χ1) is 9.99. The SMILES string of the molecule is Cc1ccc(-n2c(C(C)Cl)nc3cccc(Cl)c32)cc1Cl. The molecular formula is C16H13Cl3N2. The van der Waals surface area contributed by atoms with Crippen molar-refractivity contribution < 1.29 is 0 Å². The molecule has 1 atom stereocenters. The van der Waals surface area contributed by atoms with Gasteiger partial charge in [0.15, 0.2) is 0 Å². The maximum Gasteiger partial charge on any atom is 0.132 e. The highest BCUT2D eigenvalue weighted by molar-refractivity contribution is 6.35. The first-order valence-corrected chi connectivity index (χ1v) is 7.75. The number of fused-ring (bicyclic) bond motifs is 1. The Hall–Kier alpha value is -1.22. The molecule has 2 aromatic carbocycles. The molecule has 0 aliphatic carbocycles. The Balaban J connectivity index is 2.38. The van der Waals surface area contributed by atoms with Crippen LogP contribution in [-0.2, 0) is 0 Å². The lowest BCUT2D eigenvalue weighted by Gasteiger charge is -2.12. The smallest absolute Gasteiger partial charge is 0.132 e. The highest BCUT2D eigenvalue weighted by Crippen LogP contribution is 2.33. The van der Waals surface area contributed by atoms with E-state index < -0.39 is 0 Å². The van der Waals surface area contributed by atoms with Gasteiger partial charge in [0.2, 0.25) is 0 Å². The number of aryl methyl sites for hydroxylation is 1. The Kier molecular flexibility index (Phi) is 3.87. The van der Waals surface area contributed by atoms with Gasteiger partial charge in [0.05, 0.1) is 21.4 Å². The molecule has 0 fully saturated rings. The van der Waals surface area contributed by atoms with E-state index in [-0.39, 0.29) is 5.38 Å². The van der Waals surface area contributed by atoms with Crippen LogP contribution < -0.4 is 0 Å². The third-order valence-corrected chi connectivity index (χ3v) is 4.33. The van der Waals surface area contributed by atoms with Crippen LogP contribution in [0.3, 0.4) is 0 Å². The zero-order chi connectivity index (χ0) is 15.1. The molecule has 0 aliphatic heterocycles. The Labute approximate surface area is 138 Å². The van der Waals surface area contributed by atoms with Gasteiger partial charge in [-0.25, -0.2) is 4.98 Å². The highest BCUT2D eigenvalue weighted by Gasteiger charge is 2.18. The Morgan fingerprint density at radius 3 is 2.52 bits per heavy atom. The lowest BCUT2D eigenvalue weighted by Crippen LogP contribution is -2.02. The van der Waals surface area contributed by atoms with E-state index in [2.05, 4.69) is 4.98 Å². The van der Waals surface area contributed by atoms with Gasteiger partial charge in [-0.2, -0.15) is 0 Å². The first kappa shape index (κ1) is 14.7. The number of benzene rings is 2. The van der Waals surface area contributed by atoms with Crippen molar-refractivity contribution in [1.82, 2.24) is 9.55 Å². The largest absolute Gasteiger partial charge is 0.294 e. The topological polar surface area (TPSA) is 17.8 Å². The monoisotopic (exact) mass is 338 g/mol. The number of hydrogen-bond donors (Lipinski definition) is 0. The maximum absolute atomic E-state index is 6.36. The predicted octanol–water partition coefficient (Wildman–Crippen LogP) is 5.94. The fourth-order valence-electron chi connectivity index (χ4n) is 2.35. The Morgan fingerprint density at radius 2 is 1.86 bits per heavy atom. The van der Waals surface area contributed by atoms with Crippen LogP contribution in [0.2, 0.25) is 10.0 Å². The Bertz CT molecular complexity index is 822. The molecule has 0 spiro atoms. The summed E-state index contributed by atoms with van der Waals surface area (Å²) in [4.78, 5) is 4.60. The van der Waals surface area contributed by atoms with E-state index in [1.807, 2.05) is 54.8 Å². The summed E-state index contributed by atoms with van der Waals surface area (Å²) in [6.45, 7) is 3.86. The number of hydrogen-bond acceptors (Lipinski definition) is 1. The average molecular weight is 340 g/mol. The van der Waals surface area contributed by atoms with E-state index in [0.717, 1.165) is 28.1 Å². The molecule has 0 N–H and O–H groups in total. The summed E-state index contributed by atoms with van der Waals surface area (Å²) in [5.74, 6) is 0.750. The molecule has 1 unspecified atom stereocenters. The van der Waals surface area contributed by atoms with E-state index in [9.17, 15) is 0 Å². The van der Waals surface area contributed by atoms with E-state index in [1.165, 1.54) is 0 Å². The summed E-state index contributed by atoms with van der Waals surface area (Å²) < 4.78 is 1.97. The molecule has 3 aromatic rings. The van der Waals surface area contributed by atoms with Crippen LogP contribution in [0.25, 0.3) is 16.7 Å². The van der Waals surface area contributed by atoms with E-state index in [0.29, 0.717) is 10.0 Å². The molecule has 0 radical (unpaired) electrons. The van der Waals surface area contributed by atoms with E-state index >= 15 is 0 Å². The second kappa shape index (κ2) is 5.53. The van der Waals surface area contributed by atoms with Crippen molar-refractivity contribution in [2.45, 2.75) is 19.2 Å². The van der Waals surface area contributed by atoms with Crippen molar-refractivity contribution in [3.8, 4) is 5.69 Å². The van der Waals surface area contributed by atoms with Crippen molar-refractivity contribution in [2.75, 3.05) is 0 Å². The lowest BCUT2D eigenvalue weighted by atomic mass is 10.2. The number of imidazole rings is 1. The molecule has 0 saturated carbocycles. The third kappa shape index (κ3) is 2.52. The third-order valence-electron chi connectivity index (χ3n) is 3.42. The highest BCUT2D eigenvalue weighted by atomic mass is 35.5. The van der Waals surface area contributed by atoms with Crippen molar-refractivity contribution in [1.29, 1.82) is 0 Å². The molecule has 1 aromatic heterocycles. The fraction of sp³-hybridized carbons (Fsp3) is 0.188. The maximum atomic E-state index is 6.36. The van der Waals surface area contributed by atoms with Crippen LogP contribution in [0, 0.1) is 6.92 Å². The van der Waals surface area contributed by atoms with Crippen molar-refractivity contribution in [3.05, 3.63) is 57.8 Å². The van der Waals surface area contributed by atoms with Crippen molar-refractivity contribution in [3.63, 3.8) is 0 Å². The standard InChI is InChI=1S/C16H13Cl3N2/c1-9-6-7-11(8-13(9)19)21-15-12(18)4-3-5-14(15)20-16(21)10(2)17/h3-8,10H,1-2H3. The number of nitrogens with zero attached hydrogens (tertiary/aromatic N) is 2. The van der Waals surface area contributed by atoms with Gasteiger partial charge in [-0.1, -0.05) is 35.3 Å². The summed E-state index contributed by atoms with van der Waals surface area (Å²) in [7, 11) is 0. The van der Waals surface area contributed by atoms with E-state index in [4.69, 9.17) is 34.8 Å². The zero-order valence-corrected chi connectivity index (χ0v) is 13.8. The van der Waals surface area contributed by atoms with Gasteiger partial charge < -0.3 is 0 Å². The number of halogens is 3. The second-order valence-corrected chi connectivity index (χ2v) is 6.43. The molecule has 1 heterocycles. The minimum atomic E-state index is -0.242.